The number of amides is 1. The Balaban J connectivity index is 2.29. The number of benzene rings is 1. The average Bonchev–Trinajstić information content (AvgIpc) is 2.30. The third-order valence-corrected chi connectivity index (χ3v) is 2.74. The van der Waals surface area contributed by atoms with E-state index in [0.29, 0.717) is 0 Å². The first-order valence-corrected chi connectivity index (χ1v) is 5.28. The van der Waals surface area contributed by atoms with Crippen molar-refractivity contribution in [1.82, 2.24) is 4.90 Å². The average molecular weight is 201 g/mol. The Kier molecular flexibility index (Phi) is 2.86. The van der Waals surface area contributed by atoms with Gasteiger partial charge in [-0.1, -0.05) is 42.5 Å². The van der Waals surface area contributed by atoms with Crippen LogP contribution in [0, 0.1) is 0 Å². The third-order valence-electron chi connectivity index (χ3n) is 2.74. The van der Waals surface area contributed by atoms with Crippen molar-refractivity contribution < 1.29 is 4.79 Å². The molecule has 78 valence electrons. The minimum absolute atomic E-state index is 0.123. The van der Waals surface area contributed by atoms with Crippen LogP contribution in [-0.4, -0.2) is 17.4 Å². The summed E-state index contributed by atoms with van der Waals surface area (Å²) >= 11 is 0. The largest absolute Gasteiger partial charge is 0.332 e. The van der Waals surface area contributed by atoms with Crippen molar-refractivity contribution in [2.24, 2.45) is 0 Å². The van der Waals surface area contributed by atoms with Gasteiger partial charge in [-0.25, -0.2) is 0 Å². The minimum atomic E-state index is 0.123. The molecule has 0 radical (unpaired) electrons. The molecule has 0 bridgehead atoms. The monoisotopic (exact) mass is 201 g/mol. The van der Waals surface area contributed by atoms with Gasteiger partial charge in [-0.2, -0.15) is 0 Å². The molecule has 1 heterocycles. The molecule has 0 saturated heterocycles. The molecule has 0 saturated carbocycles. The number of hydrogen-bond acceptors (Lipinski definition) is 1. The van der Waals surface area contributed by atoms with Gasteiger partial charge in [-0.05, 0) is 12.0 Å². The summed E-state index contributed by atoms with van der Waals surface area (Å²) in [6.07, 6.45) is 5.22. The molecule has 1 aromatic carbocycles. The van der Waals surface area contributed by atoms with Gasteiger partial charge < -0.3 is 4.90 Å². The Morgan fingerprint density at radius 1 is 1.33 bits per heavy atom. The number of rotatable bonds is 1. The van der Waals surface area contributed by atoms with Crippen LogP contribution in [-0.2, 0) is 4.79 Å². The second-order valence-electron chi connectivity index (χ2n) is 3.78. The van der Waals surface area contributed by atoms with Crippen LogP contribution in [0.25, 0.3) is 0 Å². The van der Waals surface area contributed by atoms with Crippen molar-refractivity contribution in [2.75, 3.05) is 6.54 Å². The highest BCUT2D eigenvalue weighted by molar-refractivity contribution is 5.74. The van der Waals surface area contributed by atoms with Crippen LogP contribution in [0.1, 0.15) is 24.9 Å². The maximum atomic E-state index is 11.5. The zero-order chi connectivity index (χ0) is 10.7. The van der Waals surface area contributed by atoms with Gasteiger partial charge in [0.15, 0.2) is 0 Å². The van der Waals surface area contributed by atoms with Crippen molar-refractivity contribution >= 4 is 5.91 Å². The fraction of sp³-hybridized carbons (Fsp3) is 0.308. The maximum Gasteiger partial charge on any atom is 0.220 e. The van der Waals surface area contributed by atoms with Gasteiger partial charge in [0.2, 0.25) is 5.91 Å². The molecule has 0 aromatic heterocycles. The lowest BCUT2D eigenvalue weighted by Crippen LogP contribution is -2.34. The predicted octanol–water partition coefficient (Wildman–Crippen LogP) is 2.54. The highest BCUT2D eigenvalue weighted by atomic mass is 16.2. The van der Waals surface area contributed by atoms with E-state index in [9.17, 15) is 4.79 Å². The van der Waals surface area contributed by atoms with Gasteiger partial charge in [0, 0.05) is 13.5 Å². The first kappa shape index (κ1) is 9.97. The summed E-state index contributed by atoms with van der Waals surface area (Å²) in [7, 11) is 0. The van der Waals surface area contributed by atoms with Crippen LogP contribution in [0.3, 0.4) is 0 Å². The molecule has 0 fully saturated rings. The summed E-state index contributed by atoms with van der Waals surface area (Å²) in [5, 5.41) is 0. The van der Waals surface area contributed by atoms with Gasteiger partial charge in [0.25, 0.3) is 0 Å². The molecule has 2 heteroatoms. The molecule has 2 nitrogen and oxygen atoms in total. The molecule has 0 aliphatic carbocycles. The lowest BCUT2D eigenvalue weighted by Gasteiger charge is -2.31. The summed E-state index contributed by atoms with van der Waals surface area (Å²) in [5.41, 5.74) is 1.18. The number of hydrogen-bond donors (Lipinski definition) is 0. The van der Waals surface area contributed by atoms with Gasteiger partial charge in [-0.15, -0.1) is 0 Å². The molecule has 1 amide bonds. The van der Waals surface area contributed by atoms with Gasteiger partial charge in [0.1, 0.15) is 0 Å². The van der Waals surface area contributed by atoms with Crippen LogP contribution >= 0.6 is 0 Å². The maximum absolute atomic E-state index is 11.5. The zero-order valence-corrected chi connectivity index (χ0v) is 8.89. The molecule has 0 spiro atoms. The Bertz CT molecular complexity index is 369. The van der Waals surface area contributed by atoms with Crippen molar-refractivity contribution in [2.45, 2.75) is 19.4 Å². The lowest BCUT2D eigenvalue weighted by molar-refractivity contribution is -0.130. The standard InChI is InChI=1S/C13H15NO/c1-11(15)14-10-6-5-9-13(14)12-7-3-2-4-8-12/h2-5,7-9,13H,6,10H2,1H3. The number of nitrogens with zero attached hydrogens (tertiary/aromatic N) is 1. The Hall–Kier alpha value is -1.57. The highest BCUT2D eigenvalue weighted by Crippen LogP contribution is 2.25. The summed E-state index contributed by atoms with van der Waals surface area (Å²) < 4.78 is 0. The molecule has 0 N–H and O–H groups in total. The summed E-state index contributed by atoms with van der Waals surface area (Å²) in [6, 6.07) is 10.3. The van der Waals surface area contributed by atoms with E-state index >= 15 is 0 Å². The molecule has 15 heavy (non-hydrogen) atoms. The van der Waals surface area contributed by atoms with Crippen molar-refractivity contribution in [3.05, 3.63) is 48.0 Å². The van der Waals surface area contributed by atoms with E-state index in [1.807, 2.05) is 23.1 Å². The Morgan fingerprint density at radius 2 is 2.07 bits per heavy atom. The quantitative estimate of drug-likeness (QED) is 0.639. The molecule has 1 atom stereocenters. The Morgan fingerprint density at radius 3 is 2.73 bits per heavy atom. The second kappa shape index (κ2) is 4.30. The fourth-order valence-electron chi connectivity index (χ4n) is 1.98. The van der Waals surface area contributed by atoms with Crippen LogP contribution in [0.15, 0.2) is 42.5 Å². The SMILES string of the molecule is CC(=O)N1CCC=CC1c1ccccc1. The zero-order valence-electron chi connectivity index (χ0n) is 8.89. The first-order valence-electron chi connectivity index (χ1n) is 5.28. The van der Waals surface area contributed by atoms with E-state index in [2.05, 4.69) is 24.3 Å². The molecule has 1 aromatic rings. The van der Waals surface area contributed by atoms with Crippen LogP contribution in [0.2, 0.25) is 0 Å². The smallest absolute Gasteiger partial charge is 0.220 e. The molecular formula is C13H15NO. The second-order valence-corrected chi connectivity index (χ2v) is 3.78. The van der Waals surface area contributed by atoms with Crippen molar-refractivity contribution in [1.29, 1.82) is 0 Å². The van der Waals surface area contributed by atoms with E-state index in [0.717, 1.165) is 13.0 Å². The van der Waals surface area contributed by atoms with E-state index in [4.69, 9.17) is 0 Å². The van der Waals surface area contributed by atoms with Crippen LogP contribution < -0.4 is 0 Å². The van der Waals surface area contributed by atoms with Crippen molar-refractivity contribution in [3.8, 4) is 0 Å². The third kappa shape index (κ3) is 2.09. The molecule has 2 rings (SSSR count). The summed E-state index contributed by atoms with van der Waals surface area (Å²) in [6.45, 7) is 2.46. The molecule has 1 unspecified atom stereocenters. The predicted molar refractivity (Wildman–Crippen MR) is 60.3 cm³/mol. The number of carbonyl (C=O) groups excluding carboxylic acids is 1. The fourth-order valence-corrected chi connectivity index (χ4v) is 1.98. The molecular weight excluding hydrogens is 186 g/mol. The molecule has 1 aliphatic heterocycles. The lowest BCUT2D eigenvalue weighted by atomic mass is 10.0. The van der Waals surface area contributed by atoms with Gasteiger partial charge >= 0.3 is 0 Å². The minimum Gasteiger partial charge on any atom is -0.332 e. The van der Waals surface area contributed by atoms with Crippen LogP contribution in [0.4, 0.5) is 0 Å². The summed E-state index contributed by atoms with van der Waals surface area (Å²) in [4.78, 5) is 13.4. The first-order chi connectivity index (χ1) is 7.29. The van der Waals surface area contributed by atoms with Crippen molar-refractivity contribution in [3.63, 3.8) is 0 Å². The summed E-state index contributed by atoms with van der Waals surface area (Å²) in [5.74, 6) is 0.146. The van der Waals surface area contributed by atoms with E-state index in [-0.39, 0.29) is 11.9 Å². The number of carbonyl (C=O) groups is 1. The molecule has 1 aliphatic rings. The normalized spacial score (nSPS) is 20.3. The van der Waals surface area contributed by atoms with E-state index in [1.54, 1.807) is 6.92 Å². The topological polar surface area (TPSA) is 20.3 Å². The van der Waals surface area contributed by atoms with Gasteiger partial charge in [-0.3, -0.25) is 4.79 Å². The highest BCUT2D eigenvalue weighted by Gasteiger charge is 2.21. The Labute approximate surface area is 90.2 Å². The van der Waals surface area contributed by atoms with E-state index in [1.165, 1.54) is 5.56 Å². The van der Waals surface area contributed by atoms with Gasteiger partial charge in [0.05, 0.1) is 6.04 Å². The van der Waals surface area contributed by atoms with E-state index < -0.39 is 0 Å². The van der Waals surface area contributed by atoms with Crippen LogP contribution in [0.5, 0.6) is 0 Å².